The summed E-state index contributed by atoms with van der Waals surface area (Å²) < 4.78 is 4.61. The summed E-state index contributed by atoms with van der Waals surface area (Å²) in [6.45, 7) is 0.737. The van der Waals surface area contributed by atoms with Crippen molar-refractivity contribution in [2.75, 3.05) is 33.5 Å². The largest absolute Gasteiger partial charge is 0.469 e. The third-order valence-electron chi connectivity index (χ3n) is 5.52. The average molecular weight is 400 g/mol. The fourth-order valence-corrected chi connectivity index (χ4v) is 5.45. The predicted molar refractivity (Wildman–Crippen MR) is 107 cm³/mol. The number of nitrogens with zero attached hydrogens (tertiary/aromatic N) is 2. The number of methoxy groups -OCH3 is 1. The van der Waals surface area contributed by atoms with E-state index in [-0.39, 0.29) is 23.9 Å². The van der Waals surface area contributed by atoms with Crippen LogP contribution in [0.5, 0.6) is 0 Å². The molecule has 2 rings (SSSR count). The van der Waals surface area contributed by atoms with Crippen LogP contribution in [0, 0.1) is 0 Å². The number of carbonyl (C=O) groups is 3. The van der Waals surface area contributed by atoms with Gasteiger partial charge in [-0.25, -0.2) is 4.79 Å². The molecular weight excluding hydrogens is 366 g/mol. The van der Waals surface area contributed by atoms with Crippen molar-refractivity contribution in [3.63, 3.8) is 0 Å². The molecular formula is C19H33N3O4S. The van der Waals surface area contributed by atoms with Crippen LogP contribution in [0.3, 0.4) is 0 Å². The molecule has 0 radical (unpaired) electrons. The molecule has 0 spiro atoms. The first kappa shape index (κ1) is 21.9. The molecule has 0 aromatic rings. The number of thioether (sulfide) groups is 1. The molecule has 0 saturated carbocycles. The van der Waals surface area contributed by atoms with Crippen LogP contribution in [0.2, 0.25) is 0 Å². The highest BCUT2D eigenvalue weighted by molar-refractivity contribution is 8.00. The minimum atomic E-state index is -0.171. The van der Waals surface area contributed by atoms with Gasteiger partial charge in [0.1, 0.15) is 0 Å². The van der Waals surface area contributed by atoms with Crippen LogP contribution >= 0.6 is 11.8 Å². The number of ether oxygens (including phenoxy) is 1. The number of hydrogen-bond donors (Lipinski definition) is 1. The number of urea groups is 1. The van der Waals surface area contributed by atoms with Crippen LogP contribution in [0.4, 0.5) is 4.79 Å². The van der Waals surface area contributed by atoms with Gasteiger partial charge in [-0.2, -0.15) is 11.8 Å². The lowest BCUT2D eigenvalue weighted by Gasteiger charge is -2.23. The molecule has 2 aliphatic rings. The van der Waals surface area contributed by atoms with Crippen molar-refractivity contribution in [3.05, 3.63) is 0 Å². The van der Waals surface area contributed by atoms with Crippen LogP contribution in [-0.4, -0.2) is 78.5 Å². The van der Waals surface area contributed by atoms with E-state index in [1.165, 1.54) is 7.11 Å². The van der Waals surface area contributed by atoms with E-state index in [9.17, 15) is 14.4 Å². The Labute approximate surface area is 166 Å². The number of unbranched alkanes of at least 4 members (excludes halogenated alkanes) is 3. The maximum Gasteiger partial charge on any atom is 0.317 e. The van der Waals surface area contributed by atoms with Crippen LogP contribution in [0.1, 0.15) is 51.4 Å². The summed E-state index contributed by atoms with van der Waals surface area (Å²) in [6.07, 6.45) is 6.63. The zero-order valence-electron chi connectivity index (χ0n) is 16.7. The lowest BCUT2D eigenvalue weighted by atomic mass is 10.0. The number of rotatable bonds is 11. The van der Waals surface area contributed by atoms with E-state index in [1.54, 1.807) is 4.90 Å². The van der Waals surface area contributed by atoms with Crippen molar-refractivity contribution in [2.45, 2.75) is 68.7 Å². The molecule has 2 saturated heterocycles. The van der Waals surface area contributed by atoms with Crippen LogP contribution in [0.25, 0.3) is 0 Å². The quantitative estimate of drug-likeness (QED) is 0.327. The number of hydrogen-bond acceptors (Lipinski definition) is 5. The number of nitrogens with one attached hydrogen (secondary N) is 1. The highest BCUT2D eigenvalue weighted by atomic mass is 32.2. The first-order chi connectivity index (χ1) is 12.9. The Morgan fingerprint density at radius 2 is 1.96 bits per heavy atom. The molecule has 27 heavy (non-hydrogen) atoms. The van der Waals surface area contributed by atoms with E-state index in [4.69, 9.17) is 0 Å². The topological polar surface area (TPSA) is 79.0 Å². The van der Waals surface area contributed by atoms with Crippen molar-refractivity contribution in [1.29, 1.82) is 0 Å². The van der Waals surface area contributed by atoms with Crippen molar-refractivity contribution in [2.24, 2.45) is 0 Å². The summed E-state index contributed by atoms with van der Waals surface area (Å²) in [5, 5.41) is 3.51. The smallest absolute Gasteiger partial charge is 0.317 e. The van der Waals surface area contributed by atoms with E-state index in [2.05, 4.69) is 10.1 Å². The Balaban J connectivity index is 1.54. The zero-order valence-corrected chi connectivity index (χ0v) is 17.6. The van der Waals surface area contributed by atoms with E-state index < -0.39 is 0 Å². The van der Waals surface area contributed by atoms with E-state index in [1.807, 2.05) is 30.8 Å². The Hall–Kier alpha value is -1.44. The van der Waals surface area contributed by atoms with Crippen LogP contribution < -0.4 is 5.32 Å². The molecule has 8 heteroatoms. The van der Waals surface area contributed by atoms with Gasteiger partial charge in [-0.05, 0) is 25.7 Å². The van der Waals surface area contributed by atoms with Gasteiger partial charge in [0, 0.05) is 44.5 Å². The van der Waals surface area contributed by atoms with Crippen molar-refractivity contribution < 1.29 is 19.1 Å². The minimum absolute atomic E-state index is 0.0405. The zero-order chi connectivity index (χ0) is 19.8. The van der Waals surface area contributed by atoms with E-state index in [0.717, 1.165) is 50.8 Å². The molecule has 0 aromatic heterocycles. The SMILES string of the molecule is COC(=O)CCCCCN(C)C(=O)CCCCC1SCC2NC(=O)N(C)C21. The van der Waals surface area contributed by atoms with Crippen molar-refractivity contribution >= 4 is 29.7 Å². The molecule has 0 bridgehead atoms. The fraction of sp³-hybridized carbons (Fsp3) is 0.842. The molecule has 3 atom stereocenters. The van der Waals surface area contributed by atoms with Gasteiger partial charge in [-0.15, -0.1) is 0 Å². The Morgan fingerprint density at radius 1 is 1.22 bits per heavy atom. The highest BCUT2D eigenvalue weighted by Gasteiger charge is 2.46. The first-order valence-corrected chi connectivity index (χ1v) is 10.9. The summed E-state index contributed by atoms with van der Waals surface area (Å²) in [5.74, 6) is 1.01. The normalized spacial score (nSPS) is 23.9. The van der Waals surface area contributed by atoms with Gasteiger partial charge in [-0.1, -0.05) is 12.8 Å². The third-order valence-corrected chi connectivity index (χ3v) is 7.01. The molecule has 2 heterocycles. The maximum absolute atomic E-state index is 12.2. The highest BCUT2D eigenvalue weighted by Crippen LogP contribution is 2.36. The lowest BCUT2D eigenvalue weighted by Crippen LogP contribution is -2.38. The summed E-state index contributed by atoms with van der Waals surface area (Å²) in [4.78, 5) is 38.6. The first-order valence-electron chi connectivity index (χ1n) is 9.89. The van der Waals surface area contributed by atoms with Gasteiger partial charge in [0.25, 0.3) is 0 Å². The number of amides is 3. The molecule has 3 amide bonds. The van der Waals surface area contributed by atoms with Crippen molar-refractivity contribution in [3.8, 4) is 0 Å². The molecule has 2 fully saturated rings. The minimum Gasteiger partial charge on any atom is -0.469 e. The molecule has 2 aliphatic heterocycles. The summed E-state index contributed by atoms with van der Waals surface area (Å²) in [6, 6.07) is 0.619. The van der Waals surface area contributed by atoms with Crippen molar-refractivity contribution in [1.82, 2.24) is 15.1 Å². The van der Waals surface area contributed by atoms with Gasteiger partial charge >= 0.3 is 12.0 Å². The second kappa shape index (κ2) is 10.8. The Morgan fingerprint density at radius 3 is 2.70 bits per heavy atom. The number of likely N-dealkylation sites (N-methyl/N-ethyl adjacent to an activating group) is 1. The summed E-state index contributed by atoms with van der Waals surface area (Å²) in [7, 11) is 5.13. The fourth-order valence-electron chi connectivity index (χ4n) is 3.81. The van der Waals surface area contributed by atoms with Gasteiger partial charge in [0.15, 0.2) is 0 Å². The van der Waals surface area contributed by atoms with Gasteiger partial charge in [0.2, 0.25) is 5.91 Å². The Kier molecular flexibility index (Phi) is 8.73. The molecule has 154 valence electrons. The van der Waals surface area contributed by atoms with Gasteiger partial charge in [-0.3, -0.25) is 9.59 Å². The standard InChI is InChI=1S/C19H33N3O4S/c1-21(12-8-4-5-11-17(24)26-3)16(23)10-7-6-9-15-18-14(13-27-15)20-19(25)22(18)2/h14-15,18H,4-13H2,1-3H3,(H,20,25). The van der Waals surface area contributed by atoms with Gasteiger partial charge in [0.05, 0.1) is 19.2 Å². The summed E-state index contributed by atoms with van der Waals surface area (Å²) in [5.41, 5.74) is 0. The number of esters is 1. The van der Waals surface area contributed by atoms with Crippen LogP contribution in [0.15, 0.2) is 0 Å². The predicted octanol–water partition coefficient (Wildman–Crippen LogP) is 2.25. The maximum atomic E-state index is 12.2. The monoisotopic (exact) mass is 399 g/mol. The molecule has 1 N–H and O–H groups in total. The van der Waals surface area contributed by atoms with E-state index >= 15 is 0 Å². The second-order valence-electron chi connectivity index (χ2n) is 7.48. The molecule has 0 aliphatic carbocycles. The molecule has 3 unspecified atom stereocenters. The second-order valence-corrected chi connectivity index (χ2v) is 8.75. The lowest BCUT2D eigenvalue weighted by molar-refractivity contribution is -0.140. The number of carbonyl (C=O) groups excluding carboxylic acids is 3. The molecule has 7 nitrogen and oxygen atoms in total. The van der Waals surface area contributed by atoms with Gasteiger partial charge < -0.3 is 19.9 Å². The van der Waals surface area contributed by atoms with Crippen LogP contribution in [-0.2, 0) is 14.3 Å². The summed E-state index contributed by atoms with van der Waals surface area (Å²) >= 11 is 1.94. The van der Waals surface area contributed by atoms with E-state index in [0.29, 0.717) is 24.1 Å². The third kappa shape index (κ3) is 6.30. The Bertz CT molecular complexity index is 531. The number of fused-ring (bicyclic) bond motifs is 1. The molecule has 0 aromatic carbocycles. The average Bonchev–Trinajstić information content (AvgIpc) is 3.17.